The Morgan fingerprint density at radius 2 is 1.88 bits per heavy atom. The van der Waals surface area contributed by atoms with Crippen molar-refractivity contribution in [2.24, 2.45) is 0 Å². The molecule has 24 heavy (non-hydrogen) atoms. The predicted molar refractivity (Wildman–Crippen MR) is 98.0 cm³/mol. The molecule has 0 saturated carbocycles. The van der Waals surface area contributed by atoms with Crippen LogP contribution in [0.3, 0.4) is 0 Å². The number of ether oxygens (including phenoxy) is 2. The van der Waals surface area contributed by atoms with Crippen LogP contribution in [0.1, 0.15) is 11.6 Å². The van der Waals surface area contributed by atoms with Crippen molar-refractivity contribution in [3.05, 3.63) is 47.8 Å². The molecular formula is C17H20FN3O2S. The first kappa shape index (κ1) is 17.9. The Hall–Kier alpha value is -2.41. The third kappa shape index (κ3) is 3.91. The number of anilines is 2. The summed E-state index contributed by atoms with van der Waals surface area (Å²) >= 11 is 1.23. The third-order valence-electron chi connectivity index (χ3n) is 3.51. The highest BCUT2D eigenvalue weighted by atomic mass is 32.2. The summed E-state index contributed by atoms with van der Waals surface area (Å²) in [5.74, 6) is 0.00802. The summed E-state index contributed by atoms with van der Waals surface area (Å²) in [7, 11) is 2.89. The predicted octanol–water partition coefficient (Wildman–Crippen LogP) is 3.92. The molecule has 0 radical (unpaired) electrons. The number of nitrogens with two attached hydrogens (primary N) is 1. The number of halogens is 1. The van der Waals surface area contributed by atoms with Gasteiger partial charge in [0.15, 0.2) is 11.6 Å². The van der Waals surface area contributed by atoms with Gasteiger partial charge in [0.25, 0.3) is 0 Å². The number of nitrogen functional groups attached to an aromatic ring is 1. The van der Waals surface area contributed by atoms with Crippen LogP contribution >= 0.6 is 11.8 Å². The normalized spacial score (nSPS) is 11.7. The minimum Gasteiger partial charge on any atom is -0.497 e. The van der Waals surface area contributed by atoms with E-state index in [0.717, 1.165) is 5.69 Å². The molecule has 1 unspecified atom stereocenters. The molecule has 2 rings (SSSR count). The number of benzene rings is 2. The van der Waals surface area contributed by atoms with Gasteiger partial charge in [-0.25, -0.2) is 4.39 Å². The Morgan fingerprint density at radius 1 is 1.21 bits per heavy atom. The van der Waals surface area contributed by atoms with Gasteiger partial charge in [0.2, 0.25) is 0 Å². The zero-order chi connectivity index (χ0) is 17.7. The van der Waals surface area contributed by atoms with Crippen molar-refractivity contribution >= 4 is 28.2 Å². The van der Waals surface area contributed by atoms with Crippen LogP contribution in [0.15, 0.2) is 36.4 Å². The van der Waals surface area contributed by atoms with Gasteiger partial charge in [-0.05, 0) is 36.6 Å². The molecule has 5 nitrogen and oxygen atoms in total. The van der Waals surface area contributed by atoms with Gasteiger partial charge in [-0.15, -0.1) is 11.8 Å². The van der Waals surface area contributed by atoms with E-state index in [1.807, 2.05) is 0 Å². The lowest BCUT2D eigenvalue weighted by molar-refractivity contribution is 0.371. The monoisotopic (exact) mass is 349 g/mol. The van der Waals surface area contributed by atoms with Crippen LogP contribution in [0.4, 0.5) is 15.8 Å². The second-order valence-corrected chi connectivity index (χ2v) is 5.85. The number of nitrogens with one attached hydrogen (secondary N) is 2. The van der Waals surface area contributed by atoms with E-state index in [9.17, 15) is 4.39 Å². The summed E-state index contributed by atoms with van der Waals surface area (Å²) in [6.07, 6.45) is 1.77. The van der Waals surface area contributed by atoms with Crippen LogP contribution in [0, 0.1) is 11.2 Å². The number of methoxy groups -OCH3 is 2. The Morgan fingerprint density at radius 3 is 2.42 bits per heavy atom. The molecule has 4 N–H and O–H groups in total. The van der Waals surface area contributed by atoms with Crippen molar-refractivity contribution in [3.8, 4) is 11.5 Å². The lowest BCUT2D eigenvalue weighted by Crippen LogP contribution is -2.20. The molecule has 0 aliphatic heterocycles. The van der Waals surface area contributed by atoms with E-state index in [0.29, 0.717) is 11.4 Å². The van der Waals surface area contributed by atoms with Crippen molar-refractivity contribution in [2.75, 3.05) is 31.5 Å². The molecule has 1 atom stereocenters. The molecule has 0 heterocycles. The first-order valence-electron chi connectivity index (χ1n) is 7.16. The molecule has 0 fully saturated rings. The third-order valence-corrected chi connectivity index (χ3v) is 4.19. The van der Waals surface area contributed by atoms with Crippen LogP contribution in [0.2, 0.25) is 0 Å². The van der Waals surface area contributed by atoms with E-state index in [2.05, 4.69) is 5.32 Å². The van der Waals surface area contributed by atoms with E-state index in [4.69, 9.17) is 20.6 Å². The Balaban J connectivity index is 2.48. The summed E-state index contributed by atoms with van der Waals surface area (Å²) in [5, 5.41) is 11.6. The molecule has 0 bridgehead atoms. The van der Waals surface area contributed by atoms with Gasteiger partial charge in [0.05, 0.1) is 19.3 Å². The molecule has 0 saturated heterocycles. The molecule has 128 valence electrons. The van der Waals surface area contributed by atoms with Gasteiger partial charge in [0.1, 0.15) is 11.8 Å². The fourth-order valence-corrected chi connectivity index (χ4v) is 2.64. The van der Waals surface area contributed by atoms with Crippen LogP contribution in [-0.2, 0) is 0 Å². The second-order valence-electron chi connectivity index (χ2n) is 5.00. The Labute approximate surface area is 144 Å². The summed E-state index contributed by atoms with van der Waals surface area (Å²) < 4.78 is 25.1. The molecular weight excluding hydrogens is 329 g/mol. The van der Waals surface area contributed by atoms with E-state index in [1.165, 1.54) is 32.0 Å². The average molecular weight is 349 g/mol. The van der Waals surface area contributed by atoms with Gasteiger partial charge in [-0.1, -0.05) is 0 Å². The SMILES string of the molecule is COc1cc(OC)c(F)c(C(Nc2ccc(N)cc2)C(=N)SC)c1. The molecule has 0 spiro atoms. The molecule has 0 aromatic heterocycles. The van der Waals surface area contributed by atoms with E-state index < -0.39 is 11.9 Å². The first-order valence-corrected chi connectivity index (χ1v) is 8.38. The number of thioether (sulfide) groups is 1. The van der Waals surface area contributed by atoms with Crippen LogP contribution < -0.4 is 20.5 Å². The van der Waals surface area contributed by atoms with Gasteiger partial charge in [0, 0.05) is 23.0 Å². The highest BCUT2D eigenvalue weighted by Crippen LogP contribution is 2.34. The van der Waals surface area contributed by atoms with Gasteiger partial charge >= 0.3 is 0 Å². The van der Waals surface area contributed by atoms with Crippen molar-refractivity contribution in [3.63, 3.8) is 0 Å². The summed E-state index contributed by atoms with van der Waals surface area (Å²) in [6, 6.07) is 9.41. The number of hydrogen-bond donors (Lipinski definition) is 3. The summed E-state index contributed by atoms with van der Waals surface area (Å²) in [5.41, 5.74) is 7.33. The zero-order valence-electron chi connectivity index (χ0n) is 13.7. The van der Waals surface area contributed by atoms with E-state index in [-0.39, 0.29) is 16.4 Å². The minimum atomic E-state index is -0.673. The second kappa shape index (κ2) is 7.92. The standard InChI is InChI=1S/C17H20FN3O2S/c1-22-12-8-13(15(18)14(9-12)23-2)16(17(20)24-3)21-11-6-4-10(19)5-7-11/h4-9,16,20-21H,19H2,1-3H3. The highest BCUT2D eigenvalue weighted by Gasteiger charge is 2.24. The van der Waals surface area contributed by atoms with Crippen LogP contribution in [0.25, 0.3) is 0 Å². The maximum absolute atomic E-state index is 14.8. The first-order chi connectivity index (χ1) is 11.5. The topological polar surface area (TPSA) is 80.4 Å². The maximum atomic E-state index is 14.8. The quantitative estimate of drug-likeness (QED) is 0.418. The smallest absolute Gasteiger partial charge is 0.171 e. The molecule has 7 heteroatoms. The molecule has 0 aliphatic rings. The molecule has 2 aromatic carbocycles. The zero-order valence-corrected chi connectivity index (χ0v) is 14.5. The lowest BCUT2D eigenvalue weighted by atomic mass is 10.0. The van der Waals surface area contributed by atoms with E-state index in [1.54, 1.807) is 36.6 Å². The molecule has 2 aromatic rings. The maximum Gasteiger partial charge on any atom is 0.171 e. The number of rotatable bonds is 6. The van der Waals surface area contributed by atoms with Gasteiger partial charge < -0.3 is 20.5 Å². The van der Waals surface area contributed by atoms with Crippen LogP contribution in [0.5, 0.6) is 11.5 Å². The minimum absolute atomic E-state index is 0.0716. The van der Waals surface area contributed by atoms with Gasteiger partial charge in [-0.2, -0.15) is 0 Å². The Bertz CT molecular complexity index is 723. The van der Waals surface area contributed by atoms with Crippen LogP contribution in [-0.4, -0.2) is 25.5 Å². The lowest BCUT2D eigenvalue weighted by Gasteiger charge is -2.22. The van der Waals surface area contributed by atoms with Crippen molar-refractivity contribution in [1.82, 2.24) is 0 Å². The molecule has 0 amide bonds. The van der Waals surface area contributed by atoms with Crippen molar-refractivity contribution < 1.29 is 13.9 Å². The van der Waals surface area contributed by atoms with Gasteiger partial charge in [-0.3, -0.25) is 5.41 Å². The van der Waals surface area contributed by atoms with E-state index >= 15 is 0 Å². The fourth-order valence-electron chi connectivity index (χ4n) is 2.22. The van der Waals surface area contributed by atoms with Crippen molar-refractivity contribution in [2.45, 2.75) is 6.04 Å². The fraction of sp³-hybridized carbons (Fsp3) is 0.235. The number of hydrogen-bond acceptors (Lipinski definition) is 6. The largest absolute Gasteiger partial charge is 0.497 e. The van der Waals surface area contributed by atoms with Crippen molar-refractivity contribution in [1.29, 1.82) is 5.41 Å². The summed E-state index contributed by atoms with van der Waals surface area (Å²) in [6.45, 7) is 0. The summed E-state index contributed by atoms with van der Waals surface area (Å²) in [4.78, 5) is 0. The molecule has 0 aliphatic carbocycles. The Kier molecular flexibility index (Phi) is 5.92. The average Bonchev–Trinajstić information content (AvgIpc) is 2.61. The highest BCUT2D eigenvalue weighted by molar-refractivity contribution is 8.13.